The van der Waals surface area contributed by atoms with Crippen LogP contribution in [-0.4, -0.2) is 34.5 Å². The van der Waals surface area contributed by atoms with Crippen LogP contribution in [0.3, 0.4) is 0 Å². The molecular formula is C11H13NO5. The Morgan fingerprint density at radius 3 is 2.59 bits per heavy atom. The van der Waals surface area contributed by atoms with Gasteiger partial charge in [-0.1, -0.05) is 12.1 Å². The van der Waals surface area contributed by atoms with Crippen LogP contribution >= 0.6 is 0 Å². The summed E-state index contributed by atoms with van der Waals surface area (Å²) >= 11 is 0. The maximum absolute atomic E-state index is 10.1. The van der Waals surface area contributed by atoms with Gasteiger partial charge >= 0.3 is 0 Å². The van der Waals surface area contributed by atoms with Crippen molar-refractivity contribution in [3.05, 3.63) is 46.1 Å². The summed E-state index contributed by atoms with van der Waals surface area (Å²) in [5, 5.41) is 27.7. The molecule has 92 valence electrons. The Balaban J connectivity index is 2.53. The number of nitro groups is 1. The molecule has 0 fully saturated rings. The van der Waals surface area contributed by atoms with Crippen LogP contribution in [0, 0.1) is 10.1 Å². The Kier molecular flexibility index (Phi) is 5.12. The van der Waals surface area contributed by atoms with Crippen molar-refractivity contribution in [3.8, 4) is 5.75 Å². The zero-order valence-corrected chi connectivity index (χ0v) is 9.02. The number of rotatable bonds is 6. The third kappa shape index (κ3) is 5.10. The Morgan fingerprint density at radius 2 is 2.06 bits per heavy atom. The molecule has 1 rings (SSSR count). The highest BCUT2D eigenvalue weighted by atomic mass is 16.6. The van der Waals surface area contributed by atoms with Gasteiger partial charge in [0, 0.05) is 6.08 Å². The van der Waals surface area contributed by atoms with Gasteiger partial charge in [-0.25, -0.2) is 0 Å². The van der Waals surface area contributed by atoms with E-state index >= 15 is 0 Å². The van der Waals surface area contributed by atoms with Crippen molar-refractivity contribution >= 4 is 6.08 Å². The summed E-state index contributed by atoms with van der Waals surface area (Å²) in [7, 11) is 0. The van der Waals surface area contributed by atoms with Gasteiger partial charge in [0.1, 0.15) is 18.5 Å². The minimum atomic E-state index is -0.913. The first kappa shape index (κ1) is 13.1. The number of nitrogens with zero attached hydrogens (tertiary/aromatic N) is 1. The highest BCUT2D eigenvalue weighted by Gasteiger charge is 2.02. The SMILES string of the molecule is O=[N+]([O-])/C=C\c1ccc(OCC(O)CO)cc1. The molecule has 0 aliphatic rings. The van der Waals surface area contributed by atoms with Crippen molar-refractivity contribution in [1.29, 1.82) is 0 Å². The van der Waals surface area contributed by atoms with Gasteiger partial charge in [-0.05, 0) is 17.7 Å². The van der Waals surface area contributed by atoms with Crippen LogP contribution in [0.1, 0.15) is 5.56 Å². The molecule has 17 heavy (non-hydrogen) atoms. The molecule has 0 saturated carbocycles. The summed E-state index contributed by atoms with van der Waals surface area (Å²) in [6.45, 7) is -0.357. The molecule has 0 amide bonds. The molecule has 0 spiro atoms. The molecule has 0 saturated heterocycles. The average Bonchev–Trinajstić information content (AvgIpc) is 2.34. The van der Waals surface area contributed by atoms with Crippen molar-refractivity contribution in [1.82, 2.24) is 0 Å². The number of benzene rings is 1. The van der Waals surface area contributed by atoms with Crippen LogP contribution in [0.2, 0.25) is 0 Å². The van der Waals surface area contributed by atoms with E-state index in [0.29, 0.717) is 11.3 Å². The van der Waals surface area contributed by atoms with Crippen molar-refractivity contribution < 1.29 is 19.9 Å². The molecule has 0 radical (unpaired) electrons. The molecule has 0 aliphatic carbocycles. The molecule has 6 heteroatoms. The molecule has 1 atom stereocenters. The standard InChI is InChI=1S/C11H13NO5/c13-7-10(14)8-17-11-3-1-9(2-4-11)5-6-12(15)16/h1-6,10,13-14H,7-8H2/b6-5-. The number of hydrogen-bond acceptors (Lipinski definition) is 5. The highest BCUT2D eigenvalue weighted by Crippen LogP contribution is 2.13. The largest absolute Gasteiger partial charge is 0.491 e. The van der Waals surface area contributed by atoms with Gasteiger partial charge in [-0.2, -0.15) is 0 Å². The lowest BCUT2D eigenvalue weighted by Crippen LogP contribution is -2.21. The van der Waals surface area contributed by atoms with E-state index in [9.17, 15) is 10.1 Å². The third-order valence-electron chi connectivity index (χ3n) is 1.92. The molecule has 0 aliphatic heterocycles. The number of ether oxygens (including phenoxy) is 1. The van der Waals surface area contributed by atoms with Gasteiger partial charge in [0.2, 0.25) is 6.20 Å². The summed E-state index contributed by atoms with van der Waals surface area (Å²) in [4.78, 5) is 9.55. The number of aliphatic hydroxyl groups excluding tert-OH is 2. The molecule has 1 aromatic rings. The summed E-state index contributed by atoms with van der Waals surface area (Å²) in [5.74, 6) is 0.524. The monoisotopic (exact) mass is 239 g/mol. The van der Waals surface area contributed by atoms with Gasteiger partial charge in [0.05, 0.1) is 11.5 Å². The zero-order valence-electron chi connectivity index (χ0n) is 9.02. The van der Waals surface area contributed by atoms with Crippen molar-refractivity contribution in [3.63, 3.8) is 0 Å². The van der Waals surface area contributed by atoms with Gasteiger partial charge < -0.3 is 14.9 Å². The van der Waals surface area contributed by atoms with E-state index in [0.717, 1.165) is 6.20 Å². The molecule has 6 nitrogen and oxygen atoms in total. The lowest BCUT2D eigenvalue weighted by atomic mass is 10.2. The van der Waals surface area contributed by atoms with Crippen molar-refractivity contribution in [2.24, 2.45) is 0 Å². The number of aliphatic hydroxyl groups is 2. The Morgan fingerprint density at radius 1 is 1.41 bits per heavy atom. The lowest BCUT2D eigenvalue weighted by molar-refractivity contribution is -0.400. The van der Waals surface area contributed by atoms with Gasteiger partial charge in [-0.15, -0.1) is 0 Å². The number of hydrogen-bond donors (Lipinski definition) is 2. The molecule has 1 unspecified atom stereocenters. The topological polar surface area (TPSA) is 92.8 Å². The second kappa shape index (κ2) is 6.62. The quantitative estimate of drug-likeness (QED) is 0.562. The van der Waals surface area contributed by atoms with E-state index in [4.69, 9.17) is 14.9 Å². The Hall–Kier alpha value is -1.92. The van der Waals surface area contributed by atoms with Crippen LogP contribution in [0.5, 0.6) is 5.75 Å². The van der Waals surface area contributed by atoms with Gasteiger partial charge in [-0.3, -0.25) is 10.1 Å². The molecule has 0 bridgehead atoms. The molecule has 2 N–H and O–H groups in total. The smallest absolute Gasteiger partial charge is 0.235 e. The summed E-state index contributed by atoms with van der Waals surface area (Å²) in [6, 6.07) is 6.56. The lowest BCUT2D eigenvalue weighted by Gasteiger charge is -2.09. The fourth-order valence-corrected chi connectivity index (χ4v) is 1.07. The predicted octanol–water partition coefficient (Wildman–Crippen LogP) is 0.666. The minimum Gasteiger partial charge on any atom is -0.491 e. The third-order valence-corrected chi connectivity index (χ3v) is 1.92. The van der Waals surface area contributed by atoms with Crippen LogP contribution in [-0.2, 0) is 0 Å². The van der Waals surface area contributed by atoms with E-state index in [1.165, 1.54) is 6.08 Å². The van der Waals surface area contributed by atoms with Gasteiger partial charge in [0.15, 0.2) is 0 Å². The minimum absolute atomic E-state index is 0.000579. The Bertz CT molecular complexity index is 387. The van der Waals surface area contributed by atoms with E-state index in [1.54, 1.807) is 24.3 Å². The highest BCUT2D eigenvalue weighted by molar-refractivity contribution is 5.49. The Labute approximate surface area is 97.9 Å². The first-order valence-electron chi connectivity index (χ1n) is 4.95. The van der Waals surface area contributed by atoms with Gasteiger partial charge in [0.25, 0.3) is 0 Å². The van der Waals surface area contributed by atoms with Crippen LogP contribution < -0.4 is 4.74 Å². The molecule has 0 aromatic heterocycles. The normalized spacial score (nSPS) is 12.6. The van der Waals surface area contributed by atoms with E-state index in [-0.39, 0.29) is 13.2 Å². The van der Waals surface area contributed by atoms with Crippen LogP contribution in [0.25, 0.3) is 6.08 Å². The second-order valence-corrected chi connectivity index (χ2v) is 3.32. The average molecular weight is 239 g/mol. The fourth-order valence-electron chi connectivity index (χ4n) is 1.07. The van der Waals surface area contributed by atoms with Crippen LogP contribution in [0.15, 0.2) is 30.5 Å². The fraction of sp³-hybridized carbons (Fsp3) is 0.273. The predicted molar refractivity (Wildman–Crippen MR) is 61.1 cm³/mol. The summed E-state index contributed by atoms with van der Waals surface area (Å²) in [5.41, 5.74) is 0.678. The first-order valence-corrected chi connectivity index (χ1v) is 4.95. The van der Waals surface area contributed by atoms with Crippen molar-refractivity contribution in [2.45, 2.75) is 6.10 Å². The maximum atomic E-state index is 10.1. The molecular weight excluding hydrogens is 226 g/mol. The molecule has 1 aromatic carbocycles. The molecule has 0 heterocycles. The van der Waals surface area contributed by atoms with Crippen LogP contribution in [0.4, 0.5) is 0 Å². The summed E-state index contributed by atoms with van der Waals surface area (Å²) < 4.78 is 5.17. The van der Waals surface area contributed by atoms with E-state index in [1.807, 2.05) is 0 Å². The van der Waals surface area contributed by atoms with E-state index in [2.05, 4.69) is 0 Å². The second-order valence-electron chi connectivity index (χ2n) is 3.32. The van der Waals surface area contributed by atoms with E-state index < -0.39 is 11.0 Å². The zero-order chi connectivity index (χ0) is 12.7. The first-order chi connectivity index (χ1) is 8.11. The van der Waals surface area contributed by atoms with Crippen molar-refractivity contribution in [2.75, 3.05) is 13.2 Å². The maximum Gasteiger partial charge on any atom is 0.235 e. The summed E-state index contributed by atoms with van der Waals surface area (Å²) in [6.07, 6.45) is 1.31.